The number of hydrogen-bond donors (Lipinski definition) is 3. The van der Waals surface area contributed by atoms with E-state index in [1.807, 2.05) is 4.72 Å². The summed E-state index contributed by atoms with van der Waals surface area (Å²) in [6, 6.07) is 3.70. The van der Waals surface area contributed by atoms with Gasteiger partial charge in [0.05, 0.1) is 29.1 Å². The summed E-state index contributed by atoms with van der Waals surface area (Å²) in [7, 11) is -4.54. The molecule has 0 spiro atoms. The minimum Gasteiger partial charge on any atom is -0.461 e. The van der Waals surface area contributed by atoms with Crippen LogP contribution in [0.15, 0.2) is 35.4 Å². The van der Waals surface area contributed by atoms with Gasteiger partial charge in [-0.3, -0.25) is 9.52 Å². The molecule has 0 aliphatic carbocycles. The molecule has 2 aromatic carbocycles. The Bertz CT molecular complexity index is 1530. The Morgan fingerprint density at radius 2 is 1.95 bits per heavy atom. The molecule has 38 heavy (non-hydrogen) atoms. The van der Waals surface area contributed by atoms with Crippen LogP contribution < -0.4 is 10.0 Å². The van der Waals surface area contributed by atoms with Gasteiger partial charge in [0.25, 0.3) is 10.0 Å². The van der Waals surface area contributed by atoms with Gasteiger partial charge >= 0.3 is 5.97 Å². The number of aromatic nitrogens is 3. The number of ether oxygens (including phenoxy) is 1. The van der Waals surface area contributed by atoms with Gasteiger partial charge in [-0.05, 0) is 37.1 Å². The lowest BCUT2D eigenvalue weighted by Crippen LogP contribution is -2.21. The molecular weight excluding hydrogens is 567 g/mol. The molecule has 0 saturated carbocycles. The summed E-state index contributed by atoms with van der Waals surface area (Å²) in [5, 5.41) is 19.0. The van der Waals surface area contributed by atoms with Crippen LogP contribution in [0.4, 0.5) is 20.4 Å². The molecule has 10 nitrogen and oxygen atoms in total. The lowest BCUT2D eigenvalue weighted by atomic mass is 10.1. The van der Waals surface area contributed by atoms with Gasteiger partial charge in [-0.2, -0.15) is 0 Å². The third-order valence-corrected chi connectivity index (χ3v) is 6.83. The van der Waals surface area contributed by atoms with E-state index in [-0.39, 0.29) is 46.5 Å². The molecule has 1 aromatic heterocycles. The van der Waals surface area contributed by atoms with Crippen molar-refractivity contribution in [3.05, 3.63) is 69.0 Å². The topological polar surface area (TPSA) is 143 Å². The van der Waals surface area contributed by atoms with E-state index in [1.54, 1.807) is 6.92 Å². The average Bonchev–Trinajstić information content (AvgIpc) is 2.86. The Morgan fingerprint density at radius 3 is 2.58 bits per heavy atom. The molecule has 1 atom stereocenters. The Hall–Kier alpha value is -3.57. The summed E-state index contributed by atoms with van der Waals surface area (Å²) in [6.45, 7) is 2.33. The molecule has 1 heterocycles. The first-order valence-electron chi connectivity index (χ1n) is 10.6. The summed E-state index contributed by atoms with van der Waals surface area (Å²) in [4.78, 5) is 14.5. The first-order chi connectivity index (χ1) is 17.9. The van der Waals surface area contributed by atoms with Gasteiger partial charge in [0.2, 0.25) is 5.95 Å². The standard InChI is InChI=1S/C23H19Cl2F2N5O5S/c1-12(10-33)29-23-28-9-16(30-31-23)3-4-17-18(26)5-6-19(22(17)27)32-38(35,36)20-8-15(24)7-14(21(20)25)11-37-13(2)34/h5-9,12,32-33H,10-11H2,1-2H3,(H,28,29,31)/t12-/m1/s1. The van der Waals surface area contributed by atoms with Crippen molar-refractivity contribution in [2.24, 2.45) is 0 Å². The fourth-order valence-electron chi connectivity index (χ4n) is 2.84. The van der Waals surface area contributed by atoms with Crippen molar-refractivity contribution in [2.45, 2.75) is 31.4 Å². The second kappa shape index (κ2) is 12.3. The number of aliphatic hydroxyl groups excluding tert-OH is 1. The highest BCUT2D eigenvalue weighted by molar-refractivity contribution is 7.92. The van der Waals surface area contributed by atoms with Crippen LogP contribution >= 0.6 is 23.2 Å². The number of halogens is 4. The molecular formula is C23H19Cl2F2N5O5S. The Morgan fingerprint density at radius 1 is 1.21 bits per heavy atom. The van der Waals surface area contributed by atoms with Crippen LogP contribution in [0.2, 0.25) is 10.0 Å². The molecule has 0 bridgehead atoms. The fourth-order valence-corrected chi connectivity index (χ4v) is 4.82. The number of nitrogens with one attached hydrogen (secondary N) is 2. The number of anilines is 2. The summed E-state index contributed by atoms with van der Waals surface area (Å²) in [6.07, 6.45) is 1.20. The predicted molar refractivity (Wildman–Crippen MR) is 135 cm³/mol. The van der Waals surface area contributed by atoms with Crippen LogP contribution in [0.5, 0.6) is 0 Å². The Balaban J connectivity index is 1.90. The van der Waals surface area contributed by atoms with E-state index in [0.29, 0.717) is 0 Å². The van der Waals surface area contributed by atoms with Crippen molar-refractivity contribution >= 4 is 50.8 Å². The molecule has 200 valence electrons. The number of benzene rings is 2. The number of carbonyl (C=O) groups excluding carboxylic acids is 1. The zero-order valence-electron chi connectivity index (χ0n) is 19.7. The molecule has 15 heteroatoms. The van der Waals surface area contributed by atoms with Gasteiger partial charge < -0.3 is 15.2 Å². The van der Waals surface area contributed by atoms with Crippen LogP contribution in [0.25, 0.3) is 0 Å². The van der Waals surface area contributed by atoms with E-state index in [4.69, 9.17) is 33.0 Å². The highest BCUT2D eigenvalue weighted by Crippen LogP contribution is 2.32. The number of esters is 1. The minimum absolute atomic E-state index is 0.0250. The maximum Gasteiger partial charge on any atom is 0.302 e. The van der Waals surface area contributed by atoms with Gasteiger partial charge in [0, 0.05) is 23.6 Å². The second-order valence-electron chi connectivity index (χ2n) is 7.69. The van der Waals surface area contributed by atoms with Gasteiger partial charge in [-0.15, -0.1) is 10.2 Å². The van der Waals surface area contributed by atoms with Crippen molar-refractivity contribution < 1.29 is 31.8 Å². The Kier molecular flexibility index (Phi) is 9.40. The summed E-state index contributed by atoms with van der Waals surface area (Å²) >= 11 is 12.2. The fraction of sp³-hybridized carbons (Fsp3) is 0.217. The van der Waals surface area contributed by atoms with Crippen molar-refractivity contribution in [3.8, 4) is 11.8 Å². The van der Waals surface area contributed by atoms with E-state index in [2.05, 4.69) is 32.3 Å². The number of rotatable bonds is 8. The van der Waals surface area contributed by atoms with Gasteiger partial charge in [-0.1, -0.05) is 29.1 Å². The van der Waals surface area contributed by atoms with E-state index in [0.717, 1.165) is 25.1 Å². The zero-order valence-corrected chi connectivity index (χ0v) is 22.0. The number of sulfonamides is 1. The average molecular weight is 586 g/mol. The third kappa shape index (κ3) is 7.26. The zero-order chi connectivity index (χ0) is 28.0. The largest absolute Gasteiger partial charge is 0.461 e. The number of hydrogen-bond acceptors (Lipinski definition) is 9. The summed E-state index contributed by atoms with van der Waals surface area (Å²) in [5.74, 6) is 1.80. The number of carbonyl (C=O) groups is 1. The van der Waals surface area contributed by atoms with Crippen LogP contribution in [0, 0.1) is 23.5 Å². The first-order valence-corrected chi connectivity index (χ1v) is 12.9. The van der Waals surface area contributed by atoms with Crippen molar-refractivity contribution in [1.29, 1.82) is 0 Å². The number of nitrogens with zero attached hydrogens (tertiary/aromatic N) is 3. The third-order valence-electron chi connectivity index (χ3n) is 4.66. The van der Waals surface area contributed by atoms with Crippen LogP contribution in [-0.4, -0.2) is 47.3 Å². The molecule has 0 fully saturated rings. The van der Waals surface area contributed by atoms with Gasteiger partial charge in [-0.25, -0.2) is 22.2 Å². The summed E-state index contributed by atoms with van der Waals surface area (Å²) in [5.41, 5.74) is -1.28. The number of aliphatic hydroxyl groups is 1. The molecule has 3 rings (SSSR count). The molecule has 0 radical (unpaired) electrons. The first kappa shape index (κ1) is 29.0. The molecule has 0 aliphatic heterocycles. The molecule has 0 unspecified atom stereocenters. The quantitative estimate of drug-likeness (QED) is 0.267. The highest BCUT2D eigenvalue weighted by Gasteiger charge is 2.24. The lowest BCUT2D eigenvalue weighted by molar-refractivity contribution is -0.142. The van der Waals surface area contributed by atoms with Crippen LogP contribution in [-0.2, 0) is 26.2 Å². The van der Waals surface area contributed by atoms with E-state index in [1.165, 1.54) is 12.3 Å². The lowest BCUT2D eigenvalue weighted by Gasteiger charge is -2.14. The predicted octanol–water partition coefficient (Wildman–Crippen LogP) is 3.51. The summed E-state index contributed by atoms with van der Waals surface area (Å²) < 4.78 is 62.4. The molecule has 3 aromatic rings. The molecule has 3 N–H and O–H groups in total. The monoisotopic (exact) mass is 585 g/mol. The van der Waals surface area contributed by atoms with Crippen LogP contribution in [0.1, 0.15) is 30.7 Å². The van der Waals surface area contributed by atoms with Crippen molar-refractivity contribution in [2.75, 3.05) is 16.6 Å². The molecule has 0 aliphatic rings. The van der Waals surface area contributed by atoms with Crippen LogP contribution in [0.3, 0.4) is 0 Å². The SMILES string of the molecule is CC(=O)OCc1cc(Cl)cc(S(=O)(=O)Nc2ccc(F)c(C#Cc3cnc(N[C@H](C)CO)nn3)c2F)c1Cl. The highest BCUT2D eigenvalue weighted by atomic mass is 35.5. The van der Waals surface area contributed by atoms with Gasteiger partial charge in [0.15, 0.2) is 11.5 Å². The molecule has 0 amide bonds. The Labute approximate surface area is 226 Å². The van der Waals surface area contributed by atoms with E-state index >= 15 is 4.39 Å². The smallest absolute Gasteiger partial charge is 0.302 e. The molecule has 0 saturated heterocycles. The maximum absolute atomic E-state index is 15.1. The normalized spacial score (nSPS) is 11.8. The second-order valence-corrected chi connectivity index (χ2v) is 10.2. The maximum atomic E-state index is 15.1. The van der Waals surface area contributed by atoms with Crippen molar-refractivity contribution in [1.82, 2.24) is 15.2 Å². The van der Waals surface area contributed by atoms with Crippen molar-refractivity contribution in [3.63, 3.8) is 0 Å². The minimum atomic E-state index is -4.54. The van der Waals surface area contributed by atoms with E-state index < -0.39 is 43.8 Å². The van der Waals surface area contributed by atoms with E-state index in [9.17, 15) is 17.6 Å². The van der Waals surface area contributed by atoms with Gasteiger partial charge in [0.1, 0.15) is 17.3 Å².